The van der Waals surface area contributed by atoms with Crippen LogP contribution in [-0.4, -0.2) is 11.6 Å². The summed E-state index contributed by atoms with van der Waals surface area (Å²) in [5, 5.41) is 0. The Balaban J connectivity index is 2.23. The van der Waals surface area contributed by atoms with E-state index >= 15 is 0 Å². The molecule has 1 aliphatic heterocycles. The summed E-state index contributed by atoms with van der Waals surface area (Å²) in [6.07, 6.45) is 0. The molecule has 0 bridgehead atoms. The fourth-order valence-electron chi connectivity index (χ4n) is 3.06. The van der Waals surface area contributed by atoms with Crippen molar-refractivity contribution in [2.45, 2.75) is 19.8 Å². The summed E-state index contributed by atoms with van der Waals surface area (Å²) in [4.78, 5) is 24.1. The van der Waals surface area contributed by atoms with Gasteiger partial charge in [0.1, 0.15) is 23.1 Å². The fourth-order valence-corrected chi connectivity index (χ4v) is 3.06. The molecule has 2 aromatic rings. The molecular weight excluding hydrogens is 264 g/mol. The third-order valence-corrected chi connectivity index (χ3v) is 3.94. The van der Waals surface area contributed by atoms with Crippen molar-refractivity contribution < 1.29 is 14.3 Å². The van der Waals surface area contributed by atoms with Gasteiger partial charge >= 0.3 is 0 Å². The molecule has 1 heterocycles. The number of carbonyl (C=O) groups is 2. The van der Waals surface area contributed by atoms with Crippen LogP contribution in [0.5, 0.6) is 11.5 Å². The highest BCUT2D eigenvalue weighted by molar-refractivity contribution is 6.02. The molecule has 0 aliphatic carbocycles. The Morgan fingerprint density at radius 3 is 1.71 bits per heavy atom. The van der Waals surface area contributed by atoms with Gasteiger partial charge in [0.05, 0.1) is 5.92 Å². The van der Waals surface area contributed by atoms with Crippen molar-refractivity contribution in [3.05, 3.63) is 59.7 Å². The summed E-state index contributed by atoms with van der Waals surface area (Å²) in [5.41, 5.74) is 1.79. The lowest BCUT2D eigenvalue weighted by atomic mass is 9.75. The van der Waals surface area contributed by atoms with E-state index in [2.05, 4.69) is 0 Å². The zero-order chi connectivity index (χ0) is 15.0. The molecule has 0 saturated heterocycles. The molecule has 0 saturated carbocycles. The van der Waals surface area contributed by atoms with Gasteiger partial charge in [0, 0.05) is 17.0 Å². The van der Waals surface area contributed by atoms with Crippen LogP contribution in [0, 0.1) is 5.92 Å². The van der Waals surface area contributed by atoms with Crippen LogP contribution in [0.1, 0.15) is 30.9 Å². The number of hydrogen-bond acceptors (Lipinski definition) is 3. The first-order valence-corrected chi connectivity index (χ1v) is 6.96. The molecule has 1 aliphatic rings. The smallest absolute Gasteiger partial charge is 0.141 e. The molecule has 0 atom stereocenters. The summed E-state index contributed by atoms with van der Waals surface area (Å²) in [6, 6.07) is 15.2. The highest BCUT2D eigenvalue weighted by Gasteiger charge is 2.37. The van der Waals surface area contributed by atoms with E-state index in [1.165, 1.54) is 13.8 Å². The predicted molar refractivity (Wildman–Crippen MR) is 79.7 cm³/mol. The lowest BCUT2D eigenvalue weighted by molar-refractivity contribution is -0.130. The van der Waals surface area contributed by atoms with E-state index in [1.54, 1.807) is 0 Å². The van der Waals surface area contributed by atoms with Crippen LogP contribution in [0.2, 0.25) is 0 Å². The highest BCUT2D eigenvalue weighted by atomic mass is 16.5. The number of para-hydroxylation sites is 2. The molecule has 0 N–H and O–H groups in total. The Labute approximate surface area is 123 Å². The van der Waals surface area contributed by atoms with Gasteiger partial charge < -0.3 is 4.74 Å². The van der Waals surface area contributed by atoms with Crippen LogP contribution in [0.25, 0.3) is 0 Å². The van der Waals surface area contributed by atoms with Gasteiger partial charge in [-0.15, -0.1) is 0 Å². The average Bonchev–Trinajstić information content (AvgIpc) is 2.46. The molecule has 3 heteroatoms. The van der Waals surface area contributed by atoms with Crippen LogP contribution in [-0.2, 0) is 9.59 Å². The van der Waals surface area contributed by atoms with Crippen molar-refractivity contribution in [3.8, 4) is 11.5 Å². The summed E-state index contributed by atoms with van der Waals surface area (Å²) in [7, 11) is 0. The standard InChI is InChI=1S/C18H16O3/c1-11(19)17(12(2)20)18-13-7-3-5-9-15(13)21-16-10-6-4-8-14(16)18/h3-10,17-18H,1-2H3. The van der Waals surface area contributed by atoms with Crippen LogP contribution < -0.4 is 4.74 Å². The first-order valence-electron chi connectivity index (χ1n) is 6.96. The number of benzene rings is 2. The minimum absolute atomic E-state index is 0.112. The maximum Gasteiger partial charge on any atom is 0.141 e. The molecule has 3 rings (SSSR count). The summed E-state index contributed by atoms with van der Waals surface area (Å²) < 4.78 is 5.89. The van der Waals surface area contributed by atoms with Gasteiger partial charge in [-0.3, -0.25) is 9.59 Å². The maximum atomic E-state index is 12.0. The first kappa shape index (κ1) is 13.6. The van der Waals surface area contributed by atoms with E-state index in [9.17, 15) is 9.59 Å². The molecule has 2 aromatic carbocycles. The molecule has 0 radical (unpaired) electrons. The van der Waals surface area contributed by atoms with Crippen molar-refractivity contribution in [3.63, 3.8) is 0 Å². The Bertz CT molecular complexity index is 658. The Morgan fingerprint density at radius 2 is 1.29 bits per heavy atom. The van der Waals surface area contributed by atoms with Crippen LogP contribution in [0.3, 0.4) is 0 Å². The number of rotatable bonds is 3. The minimum Gasteiger partial charge on any atom is -0.457 e. The van der Waals surface area contributed by atoms with Crippen molar-refractivity contribution in [2.75, 3.05) is 0 Å². The van der Waals surface area contributed by atoms with Gasteiger partial charge in [0.15, 0.2) is 0 Å². The molecule has 0 fully saturated rings. The third-order valence-electron chi connectivity index (χ3n) is 3.94. The number of hydrogen-bond donors (Lipinski definition) is 0. The normalized spacial score (nSPS) is 13.3. The Morgan fingerprint density at radius 1 is 0.857 bits per heavy atom. The second-order valence-corrected chi connectivity index (χ2v) is 5.35. The molecule has 106 valence electrons. The summed E-state index contributed by atoms with van der Waals surface area (Å²) in [5.74, 6) is 0.262. The summed E-state index contributed by atoms with van der Waals surface area (Å²) >= 11 is 0. The monoisotopic (exact) mass is 280 g/mol. The quantitative estimate of drug-likeness (QED) is 0.805. The molecule has 0 aromatic heterocycles. The van der Waals surface area contributed by atoms with Crippen LogP contribution in [0.4, 0.5) is 0 Å². The number of Topliss-reactive ketones (excluding diaryl/α,β-unsaturated/α-hetero) is 2. The van der Waals surface area contributed by atoms with Crippen LogP contribution in [0.15, 0.2) is 48.5 Å². The second kappa shape index (κ2) is 5.17. The molecular formula is C18H16O3. The third kappa shape index (κ3) is 2.25. The molecule has 3 nitrogen and oxygen atoms in total. The molecule has 21 heavy (non-hydrogen) atoms. The van der Waals surface area contributed by atoms with Gasteiger partial charge in [-0.1, -0.05) is 36.4 Å². The minimum atomic E-state index is -0.670. The second-order valence-electron chi connectivity index (χ2n) is 5.35. The van der Waals surface area contributed by atoms with E-state index in [1.807, 2.05) is 48.5 Å². The van der Waals surface area contributed by atoms with Crippen molar-refractivity contribution in [2.24, 2.45) is 5.92 Å². The SMILES string of the molecule is CC(=O)C(C(C)=O)C1c2ccccc2Oc2ccccc21. The van der Waals surface area contributed by atoms with Crippen molar-refractivity contribution in [1.29, 1.82) is 0 Å². The highest BCUT2D eigenvalue weighted by Crippen LogP contribution is 2.47. The lowest BCUT2D eigenvalue weighted by Crippen LogP contribution is -2.29. The zero-order valence-corrected chi connectivity index (χ0v) is 12.0. The fraction of sp³-hybridized carbons (Fsp3) is 0.222. The predicted octanol–water partition coefficient (Wildman–Crippen LogP) is 3.72. The summed E-state index contributed by atoms with van der Waals surface area (Å²) in [6.45, 7) is 2.96. The zero-order valence-electron chi connectivity index (χ0n) is 12.0. The van der Waals surface area contributed by atoms with E-state index in [-0.39, 0.29) is 17.5 Å². The maximum absolute atomic E-state index is 12.0. The van der Waals surface area contributed by atoms with E-state index < -0.39 is 5.92 Å². The number of ketones is 2. The van der Waals surface area contributed by atoms with Gasteiger partial charge in [-0.25, -0.2) is 0 Å². The first-order chi connectivity index (χ1) is 10.1. The lowest BCUT2D eigenvalue weighted by Gasteiger charge is -2.31. The number of carbonyl (C=O) groups excluding carboxylic acids is 2. The Kier molecular flexibility index (Phi) is 3.34. The van der Waals surface area contributed by atoms with Gasteiger partial charge in [0.25, 0.3) is 0 Å². The van der Waals surface area contributed by atoms with Crippen LogP contribution >= 0.6 is 0 Å². The molecule has 0 spiro atoms. The van der Waals surface area contributed by atoms with Crippen molar-refractivity contribution in [1.82, 2.24) is 0 Å². The number of ether oxygens (including phenoxy) is 1. The average molecular weight is 280 g/mol. The molecule has 0 unspecified atom stereocenters. The van der Waals surface area contributed by atoms with Gasteiger partial charge in [0.2, 0.25) is 0 Å². The van der Waals surface area contributed by atoms with E-state index in [0.717, 1.165) is 11.1 Å². The van der Waals surface area contributed by atoms with Gasteiger partial charge in [-0.05, 0) is 26.0 Å². The topological polar surface area (TPSA) is 43.4 Å². The Hall–Kier alpha value is -2.42. The largest absolute Gasteiger partial charge is 0.457 e. The van der Waals surface area contributed by atoms with Gasteiger partial charge in [-0.2, -0.15) is 0 Å². The van der Waals surface area contributed by atoms with Crippen molar-refractivity contribution >= 4 is 11.6 Å². The van der Waals surface area contributed by atoms with E-state index in [0.29, 0.717) is 11.5 Å². The number of fused-ring (bicyclic) bond motifs is 2. The van der Waals surface area contributed by atoms with E-state index in [4.69, 9.17) is 4.74 Å². The molecule has 0 amide bonds.